The Bertz CT molecular complexity index is 1290. The normalized spacial score (nSPS) is 17.4. The minimum Gasteiger partial charge on any atom is -0.448 e. The number of hydrogen-bond donors (Lipinski definition) is 1. The van der Waals surface area contributed by atoms with E-state index in [4.69, 9.17) is 4.74 Å². The summed E-state index contributed by atoms with van der Waals surface area (Å²) in [5.74, 6) is 0.155. The molecular weight excluding hydrogens is 466 g/mol. The van der Waals surface area contributed by atoms with Gasteiger partial charge in [0, 0.05) is 56.4 Å². The van der Waals surface area contributed by atoms with Crippen LogP contribution in [0.25, 0.3) is 11.1 Å². The molecule has 0 atom stereocenters. The van der Waals surface area contributed by atoms with E-state index in [9.17, 15) is 14.7 Å². The molecule has 0 spiro atoms. The molecule has 0 radical (unpaired) electrons. The molecule has 1 amide bonds. The standard InChI is InChI=1S/C30H31N3O4/c34-16-15-31-18-21-17-22(9-10-23(21)29(35)19-31)32-11-13-33(14-12-32)30(36)37-20-28-26-7-3-1-5-24(26)25-6-2-4-8-27(25)28/h1-10,17,28,34H,11-16,18-20H2. The van der Waals surface area contributed by atoms with Crippen LogP contribution in [-0.4, -0.2) is 79.3 Å². The minimum atomic E-state index is -0.266. The molecular formula is C30H31N3O4. The summed E-state index contributed by atoms with van der Waals surface area (Å²) in [6.07, 6.45) is -0.266. The molecule has 3 aromatic rings. The van der Waals surface area contributed by atoms with Gasteiger partial charge in [-0.1, -0.05) is 48.5 Å². The van der Waals surface area contributed by atoms with Gasteiger partial charge in [0.1, 0.15) is 6.61 Å². The van der Waals surface area contributed by atoms with Crippen molar-refractivity contribution in [3.63, 3.8) is 0 Å². The number of carbonyl (C=O) groups excluding carboxylic acids is 2. The Morgan fingerprint density at radius 2 is 1.54 bits per heavy atom. The number of β-amino-alcohol motifs (C(OH)–C–C–N with tert-alkyl or cyclic N) is 1. The van der Waals surface area contributed by atoms with E-state index in [-0.39, 0.29) is 24.4 Å². The van der Waals surface area contributed by atoms with E-state index in [0.29, 0.717) is 52.4 Å². The second-order valence-corrected chi connectivity index (χ2v) is 9.98. The van der Waals surface area contributed by atoms with Crippen LogP contribution in [0, 0.1) is 0 Å². The maximum Gasteiger partial charge on any atom is 0.409 e. The lowest BCUT2D eigenvalue weighted by Crippen LogP contribution is -2.49. The van der Waals surface area contributed by atoms with Crippen molar-refractivity contribution in [2.24, 2.45) is 0 Å². The first-order valence-electron chi connectivity index (χ1n) is 13.0. The van der Waals surface area contributed by atoms with E-state index in [1.165, 1.54) is 22.3 Å². The molecule has 2 heterocycles. The van der Waals surface area contributed by atoms with E-state index in [1.54, 1.807) is 4.90 Å². The molecule has 0 aromatic heterocycles. The molecule has 0 saturated carbocycles. The summed E-state index contributed by atoms with van der Waals surface area (Å²) in [5, 5.41) is 9.26. The monoisotopic (exact) mass is 497 g/mol. The Balaban J connectivity index is 1.07. The van der Waals surface area contributed by atoms with E-state index in [1.807, 2.05) is 29.2 Å². The maximum absolute atomic E-state index is 13.0. The highest BCUT2D eigenvalue weighted by Crippen LogP contribution is 2.44. The quantitative estimate of drug-likeness (QED) is 0.579. The Hall–Kier alpha value is -3.68. The zero-order valence-electron chi connectivity index (χ0n) is 20.8. The van der Waals surface area contributed by atoms with Crippen molar-refractivity contribution < 1.29 is 19.4 Å². The molecule has 37 heavy (non-hydrogen) atoms. The van der Waals surface area contributed by atoms with Crippen LogP contribution < -0.4 is 4.90 Å². The molecule has 6 rings (SSSR count). The average Bonchev–Trinajstić information content (AvgIpc) is 3.25. The Labute approximate surface area is 216 Å². The summed E-state index contributed by atoms with van der Waals surface area (Å²) in [7, 11) is 0. The van der Waals surface area contributed by atoms with Gasteiger partial charge in [-0.3, -0.25) is 9.69 Å². The van der Waals surface area contributed by atoms with Crippen LogP contribution in [0.3, 0.4) is 0 Å². The molecule has 1 N–H and O–H groups in total. The first-order valence-corrected chi connectivity index (χ1v) is 13.0. The molecule has 1 aliphatic carbocycles. The summed E-state index contributed by atoms with van der Waals surface area (Å²) in [5.41, 5.74) is 7.70. The summed E-state index contributed by atoms with van der Waals surface area (Å²) in [4.78, 5) is 31.5. The van der Waals surface area contributed by atoms with Gasteiger partial charge in [-0.25, -0.2) is 4.79 Å². The third-order valence-electron chi connectivity index (χ3n) is 7.81. The first-order chi connectivity index (χ1) is 18.1. The third-order valence-corrected chi connectivity index (χ3v) is 7.81. The number of aliphatic hydroxyl groups is 1. The lowest BCUT2D eigenvalue weighted by atomic mass is 9.97. The summed E-state index contributed by atoms with van der Waals surface area (Å²) < 4.78 is 5.85. The van der Waals surface area contributed by atoms with Crippen LogP contribution in [0.1, 0.15) is 33.0 Å². The highest BCUT2D eigenvalue weighted by Gasteiger charge is 2.31. The molecule has 3 aliphatic rings. The van der Waals surface area contributed by atoms with E-state index in [0.717, 1.165) is 16.8 Å². The number of fused-ring (bicyclic) bond motifs is 4. The number of anilines is 1. The molecule has 0 bridgehead atoms. The lowest BCUT2D eigenvalue weighted by molar-refractivity contribution is 0.0879. The fourth-order valence-corrected chi connectivity index (χ4v) is 5.90. The number of carbonyl (C=O) groups is 2. The van der Waals surface area contributed by atoms with Crippen LogP contribution in [0.5, 0.6) is 0 Å². The zero-order valence-corrected chi connectivity index (χ0v) is 20.8. The van der Waals surface area contributed by atoms with Gasteiger partial charge in [-0.15, -0.1) is 0 Å². The molecule has 7 nitrogen and oxygen atoms in total. The van der Waals surface area contributed by atoms with Crippen LogP contribution in [0.2, 0.25) is 0 Å². The SMILES string of the molecule is O=C1CN(CCO)Cc2cc(N3CCN(C(=O)OCC4c5ccccc5-c5ccccc54)CC3)ccc21. The smallest absolute Gasteiger partial charge is 0.409 e. The number of ether oxygens (including phenoxy) is 1. The zero-order chi connectivity index (χ0) is 25.4. The Morgan fingerprint density at radius 3 is 2.22 bits per heavy atom. The van der Waals surface area contributed by atoms with Crippen LogP contribution in [0.15, 0.2) is 66.7 Å². The Morgan fingerprint density at radius 1 is 0.865 bits per heavy atom. The number of nitrogens with zero attached hydrogens (tertiary/aromatic N) is 3. The Kier molecular flexibility index (Phi) is 6.40. The number of hydrogen-bond acceptors (Lipinski definition) is 6. The van der Waals surface area contributed by atoms with Gasteiger partial charge in [0.2, 0.25) is 0 Å². The predicted molar refractivity (Wildman–Crippen MR) is 142 cm³/mol. The van der Waals surface area contributed by atoms with Gasteiger partial charge in [0.05, 0.1) is 13.2 Å². The first kappa shape index (κ1) is 23.7. The second kappa shape index (κ2) is 10.00. The van der Waals surface area contributed by atoms with Crippen molar-refractivity contribution in [3.05, 3.63) is 89.0 Å². The van der Waals surface area contributed by atoms with E-state index >= 15 is 0 Å². The molecule has 3 aromatic carbocycles. The third kappa shape index (κ3) is 4.49. The minimum absolute atomic E-state index is 0.0418. The van der Waals surface area contributed by atoms with Gasteiger partial charge in [-0.2, -0.15) is 0 Å². The largest absolute Gasteiger partial charge is 0.448 e. The van der Waals surface area contributed by atoms with Crippen LogP contribution in [0.4, 0.5) is 10.5 Å². The number of rotatable bonds is 5. The summed E-state index contributed by atoms with van der Waals surface area (Å²) >= 11 is 0. The number of amides is 1. The lowest BCUT2D eigenvalue weighted by Gasteiger charge is -2.36. The average molecular weight is 498 g/mol. The number of piperazine rings is 1. The number of ketones is 1. The molecule has 0 unspecified atom stereocenters. The maximum atomic E-state index is 13.0. The predicted octanol–water partition coefficient (Wildman–Crippen LogP) is 3.75. The number of benzene rings is 3. The van der Waals surface area contributed by atoms with Crippen molar-refractivity contribution in [3.8, 4) is 11.1 Å². The molecule has 1 saturated heterocycles. The van der Waals surface area contributed by atoms with Crippen molar-refractivity contribution in [2.45, 2.75) is 12.5 Å². The van der Waals surface area contributed by atoms with Crippen molar-refractivity contribution in [2.75, 3.05) is 57.4 Å². The molecule has 2 aliphatic heterocycles. The van der Waals surface area contributed by atoms with Gasteiger partial charge in [0.25, 0.3) is 0 Å². The van der Waals surface area contributed by atoms with E-state index < -0.39 is 0 Å². The van der Waals surface area contributed by atoms with E-state index in [2.05, 4.69) is 47.4 Å². The molecule has 7 heteroatoms. The number of Topliss-reactive ketones (excluding diaryl/α,β-unsaturated/α-hetero) is 1. The highest BCUT2D eigenvalue weighted by atomic mass is 16.6. The van der Waals surface area contributed by atoms with Crippen LogP contribution >= 0.6 is 0 Å². The van der Waals surface area contributed by atoms with Gasteiger partial charge in [-0.05, 0) is 46.0 Å². The van der Waals surface area contributed by atoms with Gasteiger partial charge < -0.3 is 19.6 Å². The van der Waals surface area contributed by atoms with Crippen molar-refractivity contribution in [1.82, 2.24) is 9.80 Å². The van der Waals surface area contributed by atoms with Crippen molar-refractivity contribution in [1.29, 1.82) is 0 Å². The summed E-state index contributed by atoms with van der Waals surface area (Å²) in [6.45, 7) is 4.47. The van der Waals surface area contributed by atoms with Gasteiger partial charge >= 0.3 is 6.09 Å². The molecule has 190 valence electrons. The topological polar surface area (TPSA) is 73.3 Å². The summed E-state index contributed by atoms with van der Waals surface area (Å²) in [6, 6.07) is 22.7. The number of aliphatic hydroxyl groups excluding tert-OH is 1. The van der Waals surface area contributed by atoms with Gasteiger partial charge in [0.15, 0.2) is 5.78 Å². The molecule has 1 fully saturated rings. The van der Waals surface area contributed by atoms with Crippen molar-refractivity contribution >= 4 is 17.6 Å². The fraction of sp³-hybridized carbons (Fsp3) is 0.333. The highest BCUT2D eigenvalue weighted by molar-refractivity contribution is 6.00. The second-order valence-electron chi connectivity index (χ2n) is 9.98. The van der Waals surface area contributed by atoms with Crippen LogP contribution in [-0.2, 0) is 11.3 Å². The fourth-order valence-electron chi connectivity index (χ4n) is 5.90.